The van der Waals surface area contributed by atoms with Gasteiger partial charge in [-0.2, -0.15) is 0 Å². The molecule has 8 heteroatoms. The fraction of sp³-hybridized carbons (Fsp3) is 0.286. The molecule has 0 aliphatic heterocycles. The zero-order chi connectivity index (χ0) is 16.8. The maximum Gasteiger partial charge on any atom is 0.354 e. The third kappa shape index (κ3) is 4.59. The minimum Gasteiger partial charge on any atom is -0.466 e. The summed E-state index contributed by atoms with van der Waals surface area (Å²) in [6.45, 7) is 1.55. The molecule has 0 bridgehead atoms. The van der Waals surface area contributed by atoms with Gasteiger partial charge >= 0.3 is 11.9 Å². The number of ether oxygens (including phenoxy) is 2. The maximum atomic E-state index is 11.7. The fourth-order valence-electron chi connectivity index (χ4n) is 1.50. The molecule has 0 heterocycles. The number of hydrogen-bond acceptors (Lipinski definition) is 7. The van der Waals surface area contributed by atoms with Crippen LogP contribution in [0.2, 0.25) is 0 Å². The van der Waals surface area contributed by atoms with E-state index in [-0.39, 0.29) is 16.3 Å². The molecule has 1 N–H and O–H groups in total. The highest BCUT2D eigenvalue weighted by atomic mass is 32.2. The summed E-state index contributed by atoms with van der Waals surface area (Å²) in [7, 11) is -0.944. The van der Waals surface area contributed by atoms with Gasteiger partial charge in [0.25, 0.3) is 0 Å². The van der Waals surface area contributed by atoms with Crippen LogP contribution < -0.4 is 5.32 Å². The van der Waals surface area contributed by atoms with E-state index in [9.17, 15) is 18.0 Å². The Kier molecular flexibility index (Phi) is 6.11. The van der Waals surface area contributed by atoms with Crippen LogP contribution in [0.5, 0.6) is 0 Å². The molecule has 7 nitrogen and oxygen atoms in total. The molecule has 0 fully saturated rings. The molecule has 0 spiro atoms. The molecule has 1 rings (SSSR count). The molecule has 0 unspecified atom stereocenters. The van der Waals surface area contributed by atoms with Gasteiger partial charge in [-0.05, 0) is 24.3 Å². The lowest BCUT2D eigenvalue weighted by molar-refractivity contribution is -0.138. The second kappa shape index (κ2) is 7.60. The summed E-state index contributed by atoms with van der Waals surface area (Å²) in [5.74, 6) is -1.48. The molecule has 0 radical (unpaired) electrons. The molecule has 0 aliphatic rings. The number of carbonyl (C=O) groups is 2. The summed E-state index contributed by atoms with van der Waals surface area (Å²) < 4.78 is 32.4. The van der Waals surface area contributed by atoms with Crippen LogP contribution in [0.25, 0.3) is 0 Å². The Hall–Kier alpha value is -2.35. The highest BCUT2D eigenvalue weighted by Crippen LogP contribution is 2.17. The van der Waals surface area contributed by atoms with E-state index >= 15 is 0 Å². The van der Waals surface area contributed by atoms with Gasteiger partial charge in [0, 0.05) is 5.69 Å². The minimum atomic E-state index is -3.30. The fourth-order valence-corrected chi connectivity index (χ4v) is 2.38. The first-order chi connectivity index (χ1) is 10.3. The van der Waals surface area contributed by atoms with Crippen molar-refractivity contribution in [2.75, 3.05) is 25.3 Å². The van der Waals surface area contributed by atoms with Gasteiger partial charge in [-0.1, -0.05) is 6.92 Å². The lowest BCUT2D eigenvalue weighted by atomic mass is 10.3. The number of esters is 2. The Balaban J connectivity index is 3.03. The van der Waals surface area contributed by atoms with E-state index in [2.05, 4.69) is 14.8 Å². The van der Waals surface area contributed by atoms with Gasteiger partial charge in [-0.15, -0.1) is 0 Å². The number of sulfone groups is 1. The molecular formula is C14H17NO6S. The topological polar surface area (TPSA) is 98.8 Å². The van der Waals surface area contributed by atoms with Crippen molar-refractivity contribution in [3.8, 4) is 0 Å². The lowest BCUT2D eigenvalue weighted by Gasteiger charge is -2.09. The maximum absolute atomic E-state index is 11.7. The van der Waals surface area contributed by atoms with Crippen molar-refractivity contribution in [2.24, 2.45) is 0 Å². The number of carbonyl (C=O) groups excluding carboxylic acids is 2. The number of hydrogen-bond donors (Lipinski definition) is 1. The first-order valence-electron chi connectivity index (χ1n) is 6.31. The van der Waals surface area contributed by atoms with Crippen molar-refractivity contribution >= 4 is 27.5 Å². The number of methoxy groups -OCH3 is 2. The normalized spacial score (nSPS) is 11.7. The Morgan fingerprint density at radius 2 is 1.73 bits per heavy atom. The summed E-state index contributed by atoms with van der Waals surface area (Å²) in [5, 5.41) is 2.68. The predicted octanol–water partition coefficient (Wildman–Crippen LogP) is 1.12. The largest absolute Gasteiger partial charge is 0.466 e. The highest BCUT2D eigenvalue weighted by Gasteiger charge is 2.14. The van der Waals surface area contributed by atoms with Gasteiger partial charge in [0.1, 0.15) is 5.70 Å². The SMILES string of the molecule is CCS(=O)(=O)c1ccc(N/C(=C/C(=O)OC)C(=O)OC)cc1. The zero-order valence-corrected chi connectivity index (χ0v) is 13.3. The predicted molar refractivity (Wildman–Crippen MR) is 79.9 cm³/mol. The Labute approximate surface area is 128 Å². The molecule has 0 saturated heterocycles. The lowest BCUT2D eigenvalue weighted by Crippen LogP contribution is -2.15. The van der Waals surface area contributed by atoms with E-state index in [0.29, 0.717) is 5.69 Å². The van der Waals surface area contributed by atoms with Crippen molar-refractivity contribution in [3.05, 3.63) is 36.0 Å². The monoisotopic (exact) mass is 327 g/mol. The van der Waals surface area contributed by atoms with E-state index in [0.717, 1.165) is 6.08 Å². The van der Waals surface area contributed by atoms with Gasteiger partial charge in [0.2, 0.25) is 0 Å². The van der Waals surface area contributed by atoms with Gasteiger partial charge in [-0.25, -0.2) is 18.0 Å². The van der Waals surface area contributed by atoms with Crippen LogP contribution in [0.4, 0.5) is 5.69 Å². The van der Waals surface area contributed by atoms with E-state index in [1.807, 2.05) is 0 Å². The van der Waals surface area contributed by atoms with Crippen LogP contribution in [-0.2, 0) is 28.9 Å². The number of anilines is 1. The number of benzene rings is 1. The smallest absolute Gasteiger partial charge is 0.354 e. The molecule has 22 heavy (non-hydrogen) atoms. The van der Waals surface area contributed by atoms with Crippen LogP contribution in [0.15, 0.2) is 40.9 Å². The van der Waals surface area contributed by atoms with Crippen molar-refractivity contribution in [1.82, 2.24) is 0 Å². The molecule has 0 aliphatic carbocycles. The van der Waals surface area contributed by atoms with E-state index in [4.69, 9.17) is 0 Å². The molecule has 1 aromatic carbocycles. The molecule has 0 saturated carbocycles. The Morgan fingerprint density at radius 1 is 1.14 bits per heavy atom. The quantitative estimate of drug-likeness (QED) is 0.617. The Morgan fingerprint density at radius 3 is 2.18 bits per heavy atom. The van der Waals surface area contributed by atoms with Gasteiger partial charge < -0.3 is 14.8 Å². The summed E-state index contributed by atoms with van der Waals surface area (Å²) in [6.07, 6.45) is 0.947. The third-order valence-electron chi connectivity index (χ3n) is 2.74. The summed E-state index contributed by atoms with van der Waals surface area (Å²) in [6, 6.07) is 5.79. The van der Waals surface area contributed by atoms with Gasteiger partial charge in [-0.3, -0.25) is 0 Å². The Bertz CT molecular complexity index is 676. The second-order valence-corrected chi connectivity index (χ2v) is 6.40. The first-order valence-corrected chi connectivity index (χ1v) is 7.97. The van der Waals surface area contributed by atoms with E-state index in [1.54, 1.807) is 6.92 Å². The van der Waals surface area contributed by atoms with Gasteiger partial charge in [0.05, 0.1) is 30.9 Å². The first kappa shape index (κ1) is 17.7. The van der Waals surface area contributed by atoms with E-state index < -0.39 is 21.8 Å². The molecule has 120 valence electrons. The van der Waals surface area contributed by atoms with Crippen molar-refractivity contribution < 1.29 is 27.5 Å². The van der Waals surface area contributed by atoms with Crippen molar-refractivity contribution in [3.63, 3.8) is 0 Å². The third-order valence-corrected chi connectivity index (χ3v) is 4.49. The molecule has 0 atom stereocenters. The van der Waals surface area contributed by atoms with E-state index in [1.165, 1.54) is 38.5 Å². The van der Waals surface area contributed by atoms with Crippen LogP contribution in [-0.4, -0.2) is 40.3 Å². The average Bonchev–Trinajstić information content (AvgIpc) is 2.53. The number of rotatable bonds is 6. The van der Waals surface area contributed by atoms with Gasteiger partial charge in [0.15, 0.2) is 9.84 Å². The average molecular weight is 327 g/mol. The minimum absolute atomic E-state index is 0.00453. The van der Waals surface area contributed by atoms with Crippen LogP contribution >= 0.6 is 0 Å². The molecular weight excluding hydrogens is 310 g/mol. The van der Waals surface area contributed by atoms with Crippen molar-refractivity contribution in [2.45, 2.75) is 11.8 Å². The van der Waals surface area contributed by atoms with Crippen LogP contribution in [0, 0.1) is 0 Å². The summed E-state index contributed by atoms with van der Waals surface area (Å²) in [4.78, 5) is 23.0. The standard InChI is InChI=1S/C14H17NO6S/c1-4-22(18,19)11-7-5-10(6-8-11)15-12(14(17)21-3)9-13(16)20-2/h5-9,15H,4H2,1-3H3/b12-9+. The zero-order valence-electron chi connectivity index (χ0n) is 12.5. The molecule has 0 aromatic heterocycles. The molecule has 1 aromatic rings. The summed E-state index contributed by atoms with van der Waals surface area (Å²) >= 11 is 0. The van der Waals surface area contributed by atoms with Crippen molar-refractivity contribution in [1.29, 1.82) is 0 Å². The summed E-state index contributed by atoms with van der Waals surface area (Å²) in [5.41, 5.74) is 0.302. The van der Waals surface area contributed by atoms with Crippen LogP contribution in [0.1, 0.15) is 6.92 Å². The second-order valence-electron chi connectivity index (χ2n) is 4.13. The molecule has 0 amide bonds. The number of nitrogens with one attached hydrogen (secondary N) is 1. The van der Waals surface area contributed by atoms with Crippen LogP contribution in [0.3, 0.4) is 0 Å². The highest BCUT2D eigenvalue weighted by molar-refractivity contribution is 7.91.